The van der Waals surface area contributed by atoms with Gasteiger partial charge in [0.15, 0.2) is 0 Å². The fourth-order valence-corrected chi connectivity index (χ4v) is 2.88. The molecule has 3 rings (SSSR count). The van der Waals surface area contributed by atoms with Crippen LogP contribution in [0.1, 0.15) is 41.0 Å². The minimum Gasteiger partial charge on any atom is -0.360 e. The lowest BCUT2D eigenvalue weighted by atomic mass is 9.99. The van der Waals surface area contributed by atoms with Gasteiger partial charge < -0.3 is 14.4 Å². The summed E-state index contributed by atoms with van der Waals surface area (Å²) in [5.74, 6) is 2.16. The van der Waals surface area contributed by atoms with Crippen molar-refractivity contribution in [3.05, 3.63) is 35.2 Å². The van der Waals surface area contributed by atoms with E-state index in [4.69, 9.17) is 4.52 Å². The Morgan fingerprint density at radius 3 is 3.24 bits per heavy atom. The van der Waals surface area contributed by atoms with E-state index < -0.39 is 0 Å². The molecule has 0 aliphatic carbocycles. The second-order valence-corrected chi connectivity index (χ2v) is 5.53. The van der Waals surface area contributed by atoms with E-state index in [-0.39, 0.29) is 5.91 Å². The van der Waals surface area contributed by atoms with Crippen molar-refractivity contribution >= 4 is 5.91 Å². The van der Waals surface area contributed by atoms with Crippen LogP contribution in [-0.2, 0) is 19.4 Å². The molecule has 0 aromatic carbocycles. The van der Waals surface area contributed by atoms with Gasteiger partial charge in [-0.2, -0.15) is 0 Å². The molecule has 0 radical (unpaired) electrons. The number of imidazole rings is 1. The molecule has 1 atom stereocenters. The van der Waals surface area contributed by atoms with Crippen molar-refractivity contribution < 1.29 is 9.32 Å². The van der Waals surface area contributed by atoms with E-state index >= 15 is 0 Å². The number of carbonyl (C=O) groups excluding carboxylic acids is 1. The molecule has 112 valence electrons. The van der Waals surface area contributed by atoms with Gasteiger partial charge in [0.1, 0.15) is 17.1 Å². The van der Waals surface area contributed by atoms with Gasteiger partial charge in [-0.3, -0.25) is 4.79 Å². The van der Waals surface area contributed by atoms with Gasteiger partial charge in [0.2, 0.25) is 0 Å². The molecule has 6 nitrogen and oxygen atoms in total. The molecule has 21 heavy (non-hydrogen) atoms. The van der Waals surface area contributed by atoms with Crippen LogP contribution in [0.15, 0.2) is 16.9 Å². The first-order chi connectivity index (χ1) is 10.2. The Labute approximate surface area is 123 Å². The molecular weight excluding hydrogens is 268 g/mol. The van der Waals surface area contributed by atoms with Gasteiger partial charge in [-0.25, -0.2) is 4.98 Å². The zero-order valence-electron chi connectivity index (χ0n) is 12.4. The third kappa shape index (κ3) is 2.70. The number of aryl methyl sites for hydroxylation is 3. The van der Waals surface area contributed by atoms with E-state index in [0.29, 0.717) is 35.9 Å². The molecule has 0 unspecified atom stereocenters. The summed E-state index contributed by atoms with van der Waals surface area (Å²) in [4.78, 5) is 16.6. The van der Waals surface area contributed by atoms with Gasteiger partial charge in [-0.05, 0) is 19.3 Å². The maximum Gasteiger partial charge on any atom is 0.256 e. The minimum absolute atomic E-state index is 0.0815. The Morgan fingerprint density at radius 2 is 2.43 bits per heavy atom. The maximum atomic E-state index is 12.3. The Balaban J connectivity index is 1.61. The molecule has 2 aromatic heterocycles. The van der Waals surface area contributed by atoms with E-state index in [1.165, 1.54) is 0 Å². The maximum absolute atomic E-state index is 12.3. The monoisotopic (exact) mass is 288 g/mol. The number of carbonyl (C=O) groups is 1. The van der Waals surface area contributed by atoms with E-state index in [1.807, 2.05) is 19.3 Å². The summed E-state index contributed by atoms with van der Waals surface area (Å²) in [6, 6.07) is 0. The second-order valence-electron chi connectivity index (χ2n) is 5.53. The zero-order chi connectivity index (χ0) is 14.8. The number of hydrogen-bond acceptors (Lipinski definition) is 4. The third-order valence-electron chi connectivity index (χ3n) is 4.07. The Bertz CT molecular complexity index is 644. The summed E-state index contributed by atoms with van der Waals surface area (Å²) < 4.78 is 7.34. The quantitative estimate of drug-likeness (QED) is 0.930. The topological polar surface area (TPSA) is 73.0 Å². The van der Waals surface area contributed by atoms with Gasteiger partial charge in [0.25, 0.3) is 5.91 Å². The average molecular weight is 288 g/mol. The van der Waals surface area contributed by atoms with Crippen molar-refractivity contribution in [2.24, 2.45) is 5.92 Å². The third-order valence-corrected chi connectivity index (χ3v) is 4.07. The lowest BCUT2D eigenvalue weighted by molar-refractivity contribution is 0.0941. The van der Waals surface area contributed by atoms with Crippen LogP contribution in [0.25, 0.3) is 0 Å². The Kier molecular flexibility index (Phi) is 3.77. The van der Waals surface area contributed by atoms with Gasteiger partial charge in [-0.1, -0.05) is 12.1 Å². The number of fused-ring (bicyclic) bond motifs is 1. The standard InChI is InChI=1S/C15H20N4O2/c1-3-12-14(10(2)18-21-12)15(20)17-8-11-4-5-13-16-6-7-19(13)9-11/h6-7,11H,3-5,8-9H2,1-2H3,(H,17,20)/t11-/m0/s1. The van der Waals surface area contributed by atoms with Gasteiger partial charge in [-0.15, -0.1) is 0 Å². The molecule has 0 saturated heterocycles. The van der Waals surface area contributed by atoms with Crippen LogP contribution in [0.3, 0.4) is 0 Å². The molecule has 0 fully saturated rings. The molecule has 3 heterocycles. The number of nitrogens with one attached hydrogen (secondary N) is 1. The molecule has 0 bridgehead atoms. The zero-order valence-corrected chi connectivity index (χ0v) is 12.4. The highest BCUT2D eigenvalue weighted by atomic mass is 16.5. The van der Waals surface area contributed by atoms with Crippen LogP contribution in [0.4, 0.5) is 0 Å². The van der Waals surface area contributed by atoms with Crippen molar-refractivity contribution in [3.63, 3.8) is 0 Å². The summed E-state index contributed by atoms with van der Waals surface area (Å²) >= 11 is 0. The molecule has 1 N–H and O–H groups in total. The molecular formula is C15H20N4O2. The van der Waals surface area contributed by atoms with E-state index in [9.17, 15) is 4.79 Å². The predicted molar refractivity (Wildman–Crippen MR) is 77.0 cm³/mol. The summed E-state index contributed by atoms with van der Waals surface area (Å²) in [6.07, 6.45) is 6.54. The molecule has 1 amide bonds. The van der Waals surface area contributed by atoms with Crippen LogP contribution >= 0.6 is 0 Å². The molecule has 1 aliphatic heterocycles. The van der Waals surface area contributed by atoms with Crippen molar-refractivity contribution in [1.82, 2.24) is 20.0 Å². The smallest absolute Gasteiger partial charge is 0.256 e. The average Bonchev–Trinajstić information content (AvgIpc) is 3.10. The summed E-state index contributed by atoms with van der Waals surface area (Å²) in [5, 5.41) is 6.90. The predicted octanol–water partition coefficient (Wildman–Crippen LogP) is 1.73. The SMILES string of the molecule is CCc1onc(C)c1C(=O)NC[C@@H]1CCc2nccn2C1. The van der Waals surface area contributed by atoms with Crippen molar-refractivity contribution in [1.29, 1.82) is 0 Å². The fourth-order valence-electron chi connectivity index (χ4n) is 2.88. The molecule has 2 aromatic rings. The molecule has 1 aliphatic rings. The highest BCUT2D eigenvalue weighted by Gasteiger charge is 2.22. The van der Waals surface area contributed by atoms with Crippen molar-refractivity contribution in [3.8, 4) is 0 Å². The number of hydrogen-bond donors (Lipinski definition) is 1. The summed E-state index contributed by atoms with van der Waals surface area (Å²) in [5.41, 5.74) is 1.25. The lowest BCUT2D eigenvalue weighted by Gasteiger charge is -2.23. The minimum atomic E-state index is -0.0815. The number of amides is 1. The largest absolute Gasteiger partial charge is 0.360 e. The van der Waals surface area contributed by atoms with E-state index in [1.54, 1.807) is 6.92 Å². The first-order valence-electron chi connectivity index (χ1n) is 7.42. The van der Waals surface area contributed by atoms with Crippen LogP contribution < -0.4 is 5.32 Å². The van der Waals surface area contributed by atoms with Gasteiger partial charge in [0, 0.05) is 38.3 Å². The first-order valence-corrected chi connectivity index (χ1v) is 7.42. The van der Waals surface area contributed by atoms with Gasteiger partial charge in [0.05, 0.1) is 5.69 Å². The normalized spacial score (nSPS) is 17.5. The van der Waals surface area contributed by atoms with E-state index in [2.05, 4.69) is 20.0 Å². The van der Waals surface area contributed by atoms with Crippen LogP contribution in [0.5, 0.6) is 0 Å². The number of nitrogens with zero attached hydrogens (tertiary/aromatic N) is 3. The highest BCUT2D eigenvalue weighted by Crippen LogP contribution is 2.19. The van der Waals surface area contributed by atoms with Crippen LogP contribution in [-0.4, -0.2) is 27.2 Å². The molecule has 0 saturated carbocycles. The van der Waals surface area contributed by atoms with Crippen molar-refractivity contribution in [2.75, 3.05) is 6.54 Å². The lowest BCUT2D eigenvalue weighted by Crippen LogP contribution is -2.34. The summed E-state index contributed by atoms with van der Waals surface area (Å²) in [7, 11) is 0. The first kappa shape index (κ1) is 13.9. The highest BCUT2D eigenvalue weighted by molar-refractivity contribution is 5.96. The Hall–Kier alpha value is -2.11. The Morgan fingerprint density at radius 1 is 1.57 bits per heavy atom. The van der Waals surface area contributed by atoms with Crippen LogP contribution in [0, 0.1) is 12.8 Å². The molecule has 0 spiro atoms. The second kappa shape index (κ2) is 5.71. The van der Waals surface area contributed by atoms with Gasteiger partial charge >= 0.3 is 0 Å². The molecule has 6 heteroatoms. The van der Waals surface area contributed by atoms with E-state index in [0.717, 1.165) is 25.2 Å². The number of aromatic nitrogens is 3. The number of rotatable bonds is 4. The van der Waals surface area contributed by atoms with Crippen LogP contribution in [0.2, 0.25) is 0 Å². The van der Waals surface area contributed by atoms with Crippen molar-refractivity contribution in [2.45, 2.75) is 39.7 Å². The fraction of sp³-hybridized carbons (Fsp3) is 0.533. The summed E-state index contributed by atoms with van der Waals surface area (Å²) in [6.45, 7) is 5.34.